The smallest absolute Gasteiger partial charge is 0.120 e. The molecule has 2 nitrogen and oxygen atoms in total. The fourth-order valence-electron chi connectivity index (χ4n) is 2.81. The van der Waals surface area contributed by atoms with E-state index in [1.54, 1.807) is 6.07 Å². The average molecular weight is 283 g/mol. The quantitative estimate of drug-likeness (QED) is 0.899. The molecule has 0 amide bonds. The van der Waals surface area contributed by atoms with E-state index in [1.165, 1.54) is 6.42 Å². The van der Waals surface area contributed by atoms with E-state index in [0.717, 1.165) is 24.5 Å². The summed E-state index contributed by atoms with van der Waals surface area (Å²) >= 11 is 5.90. The van der Waals surface area contributed by atoms with Gasteiger partial charge in [0.15, 0.2) is 0 Å². The van der Waals surface area contributed by atoms with Crippen LogP contribution in [-0.4, -0.2) is 17.8 Å². The second-order valence-electron chi connectivity index (χ2n) is 5.86. The highest BCUT2D eigenvalue weighted by Gasteiger charge is 2.29. The number of rotatable bonds is 4. The molecular weight excluding hydrogens is 260 g/mol. The van der Waals surface area contributed by atoms with Gasteiger partial charge in [-0.3, -0.25) is 0 Å². The third-order valence-electron chi connectivity index (χ3n) is 4.40. The summed E-state index contributed by atoms with van der Waals surface area (Å²) in [5.74, 6) is 2.56. The molecule has 1 aromatic rings. The van der Waals surface area contributed by atoms with Crippen LogP contribution in [0.25, 0.3) is 0 Å². The van der Waals surface area contributed by atoms with Crippen LogP contribution in [0, 0.1) is 17.8 Å². The minimum absolute atomic E-state index is 0.353. The molecule has 1 fully saturated rings. The molecule has 0 saturated heterocycles. The highest BCUT2D eigenvalue weighted by atomic mass is 35.5. The van der Waals surface area contributed by atoms with E-state index in [9.17, 15) is 5.11 Å². The highest BCUT2D eigenvalue weighted by molar-refractivity contribution is 6.30. The first-order valence-corrected chi connectivity index (χ1v) is 7.50. The number of aliphatic hydroxyl groups excluding tert-OH is 1. The highest BCUT2D eigenvalue weighted by Crippen LogP contribution is 2.35. The fraction of sp³-hybridized carbons (Fsp3) is 0.625. The molecule has 0 radical (unpaired) electrons. The lowest BCUT2D eigenvalue weighted by molar-refractivity contribution is 0.0226. The summed E-state index contributed by atoms with van der Waals surface area (Å²) in [6.07, 6.45) is 3.03. The van der Waals surface area contributed by atoms with Gasteiger partial charge in [0.2, 0.25) is 0 Å². The molecule has 4 atom stereocenters. The van der Waals surface area contributed by atoms with E-state index in [0.29, 0.717) is 23.5 Å². The van der Waals surface area contributed by atoms with Crippen molar-refractivity contribution in [2.45, 2.75) is 39.2 Å². The Hall–Kier alpha value is -0.730. The van der Waals surface area contributed by atoms with Crippen LogP contribution in [0.2, 0.25) is 5.02 Å². The molecule has 0 aliphatic heterocycles. The molecule has 4 unspecified atom stereocenters. The van der Waals surface area contributed by atoms with Crippen molar-refractivity contribution >= 4 is 11.6 Å². The molecule has 0 heterocycles. The maximum atomic E-state index is 10.3. The van der Waals surface area contributed by atoms with Crippen molar-refractivity contribution < 1.29 is 9.84 Å². The molecule has 0 aromatic heterocycles. The summed E-state index contributed by atoms with van der Waals surface area (Å²) in [4.78, 5) is 0. The van der Waals surface area contributed by atoms with Crippen LogP contribution in [-0.2, 0) is 0 Å². The Kier molecular flexibility index (Phi) is 5.12. The largest absolute Gasteiger partial charge is 0.491 e. The first-order chi connectivity index (χ1) is 9.06. The number of hydrogen-bond donors (Lipinski definition) is 1. The van der Waals surface area contributed by atoms with Crippen molar-refractivity contribution in [3.8, 4) is 5.75 Å². The van der Waals surface area contributed by atoms with Crippen LogP contribution < -0.4 is 4.74 Å². The lowest BCUT2D eigenvalue weighted by atomic mass is 9.74. The summed E-state index contributed by atoms with van der Waals surface area (Å²) in [7, 11) is 0. The average Bonchev–Trinajstić information content (AvgIpc) is 2.39. The Balaban J connectivity index is 1.83. The Labute approximate surface area is 120 Å². The van der Waals surface area contributed by atoms with Crippen molar-refractivity contribution in [1.29, 1.82) is 0 Å². The number of hydrogen-bond acceptors (Lipinski definition) is 2. The van der Waals surface area contributed by atoms with Crippen LogP contribution in [0.1, 0.15) is 33.1 Å². The van der Waals surface area contributed by atoms with Crippen LogP contribution in [0.15, 0.2) is 24.3 Å². The van der Waals surface area contributed by atoms with Gasteiger partial charge in [0.05, 0.1) is 6.10 Å². The van der Waals surface area contributed by atoms with Gasteiger partial charge < -0.3 is 9.84 Å². The van der Waals surface area contributed by atoms with Gasteiger partial charge in [-0.25, -0.2) is 0 Å². The van der Waals surface area contributed by atoms with Gasteiger partial charge in [0.25, 0.3) is 0 Å². The van der Waals surface area contributed by atoms with Gasteiger partial charge in [0.1, 0.15) is 12.4 Å². The minimum atomic E-state index is -0.381. The molecule has 1 aromatic carbocycles. The topological polar surface area (TPSA) is 29.5 Å². The van der Waals surface area contributed by atoms with E-state index in [1.807, 2.05) is 18.2 Å². The first-order valence-electron chi connectivity index (χ1n) is 7.12. The summed E-state index contributed by atoms with van der Waals surface area (Å²) in [6.45, 7) is 4.93. The Bertz CT molecular complexity index is 407. The second kappa shape index (κ2) is 6.62. The maximum Gasteiger partial charge on any atom is 0.120 e. The molecule has 0 spiro atoms. The van der Waals surface area contributed by atoms with Crippen molar-refractivity contribution in [1.82, 2.24) is 0 Å². The van der Waals surface area contributed by atoms with Crippen molar-refractivity contribution in [3.05, 3.63) is 29.3 Å². The van der Waals surface area contributed by atoms with E-state index < -0.39 is 0 Å². The zero-order chi connectivity index (χ0) is 13.8. The van der Waals surface area contributed by atoms with Crippen LogP contribution in [0.3, 0.4) is 0 Å². The molecule has 19 heavy (non-hydrogen) atoms. The summed E-state index contributed by atoms with van der Waals surface area (Å²) < 4.78 is 5.63. The molecule has 3 heteroatoms. The molecule has 1 aliphatic carbocycles. The molecule has 1 N–H and O–H groups in total. The van der Waals surface area contributed by atoms with Crippen LogP contribution >= 0.6 is 11.6 Å². The van der Waals surface area contributed by atoms with E-state index in [-0.39, 0.29) is 6.10 Å². The lowest BCUT2D eigenvalue weighted by Gasteiger charge is -2.34. The minimum Gasteiger partial charge on any atom is -0.491 e. The fourth-order valence-corrected chi connectivity index (χ4v) is 2.99. The van der Waals surface area contributed by atoms with Gasteiger partial charge in [0, 0.05) is 5.02 Å². The maximum absolute atomic E-state index is 10.3. The Morgan fingerprint density at radius 2 is 2.11 bits per heavy atom. The summed E-state index contributed by atoms with van der Waals surface area (Å²) in [5.41, 5.74) is 0. The lowest BCUT2D eigenvalue weighted by Crippen LogP contribution is -2.33. The normalized spacial score (nSPS) is 28.9. The Morgan fingerprint density at radius 3 is 2.79 bits per heavy atom. The van der Waals surface area contributed by atoms with Crippen LogP contribution in [0.4, 0.5) is 0 Å². The molecule has 106 valence electrons. The van der Waals surface area contributed by atoms with Crippen molar-refractivity contribution in [2.24, 2.45) is 17.8 Å². The van der Waals surface area contributed by atoms with E-state index >= 15 is 0 Å². The third-order valence-corrected chi connectivity index (χ3v) is 4.63. The SMILES string of the molecule is CC1CCC(C(O)COc2cccc(Cl)c2)CC1C. The number of benzene rings is 1. The van der Waals surface area contributed by atoms with Gasteiger partial charge in [-0.2, -0.15) is 0 Å². The third kappa shape index (κ3) is 4.12. The van der Waals surface area contributed by atoms with Crippen molar-refractivity contribution in [3.63, 3.8) is 0 Å². The Morgan fingerprint density at radius 1 is 1.32 bits per heavy atom. The molecular formula is C16H23ClO2. The van der Waals surface area contributed by atoms with Gasteiger partial charge in [-0.15, -0.1) is 0 Å². The summed E-state index contributed by atoms with van der Waals surface area (Å²) in [5, 5.41) is 10.9. The molecule has 1 aliphatic rings. The zero-order valence-corrected chi connectivity index (χ0v) is 12.4. The molecule has 1 saturated carbocycles. The second-order valence-corrected chi connectivity index (χ2v) is 6.30. The number of aliphatic hydroxyl groups is 1. The van der Waals surface area contributed by atoms with Crippen molar-refractivity contribution in [2.75, 3.05) is 6.61 Å². The summed E-state index contributed by atoms with van der Waals surface area (Å²) in [6, 6.07) is 7.31. The standard InChI is InChI=1S/C16H23ClO2/c1-11-6-7-13(8-12(11)2)16(18)10-19-15-5-3-4-14(17)9-15/h3-5,9,11-13,16,18H,6-8,10H2,1-2H3. The van der Waals surface area contributed by atoms with Gasteiger partial charge in [-0.05, 0) is 48.8 Å². The predicted octanol–water partition coefficient (Wildman–Crippen LogP) is 4.15. The molecule has 0 bridgehead atoms. The van der Waals surface area contributed by atoms with E-state index in [2.05, 4.69) is 13.8 Å². The van der Waals surface area contributed by atoms with Crippen LogP contribution in [0.5, 0.6) is 5.75 Å². The molecule has 2 rings (SSSR count). The first kappa shape index (κ1) is 14.7. The number of halogens is 1. The number of ether oxygens (including phenoxy) is 1. The van der Waals surface area contributed by atoms with Gasteiger partial charge in [-0.1, -0.05) is 37.9 Å². The zero-order valence-electron chi connectivity index (χ0n) is 11.7. The monoisotopic (exact) mass is 282 g/mol. The van der Waals surface area contributed by atoms with Gasteiger partial charge >= 0.3 is 0 Å². The predicted molar refractivity (Wildman–Crippen MR) is 78.6 cm³/mol. The van der Waals surface area contributed by atoms with E-state index in [4.69, 9.17) is 16.3 Å².